The Bertz CT molecular complexity index is 457. The molecular weight excluding hydrogens is 286 g/mol. The van der Waals surface area contributed by atoms with Crippen LogP contribution in [0.2, 0.25) is 0 Å². The second-order valence-corrected chi connectivity index (χ2v) is 7.19. The average Bonchev–Trinajstić information content (AvgIpc) is 2.52. The van der Waals surface area contributed by atoms with Crippen LogP contribution in [-0.2, 0) is 17.2 Å². The van der Waals surface area contributed by atoms with E-state index in [1.807, 2.05) is 18.2 Å². The minimum Gasteiger partial charge on any atom is -0.491 e. The summed E-state index contributed by atoms with van der Waals surface area (Å²) in [5, 5.41) is 13.3. The van der Waals surface area contributed by atoms with Crippen LogP contribution in [0.15, 0.2) is 24.3 Å². The fraction of sp³-hybridized carbons (Fsp3) is 0.625. The predicted octanol–water partition coefficient (Wildman–Crippen LogP) is 1.49. The number of hydrogen-bond acceptors (Lipinski definition) is 4. The molecule has 1 atom stereocenters. The summed E-state index contributed by atoms with van der Waals surface area (Å²) in [6.07, 6.45) is 2.31. The first-order valence-corrected chi connectivity index (χ1v) is 9.14. The van der Waals surface area contributed by atoms with Crippen LogP contribution in [0.3, 0.4) is 0 Å². The molecule has 2 rings (SSSR count). The fourth-order valence-corrected chi connectivity index (χ4v) is 3.71. The van der Waals surface area contributed by atoms with E-state index < -0.39 is 16.9 Å². The molecule has 0 bridgehead atoms. The van der Waals surface area contributed by atoms with E-state index in [0.717, 1.165) is 36.5 Å². The van der Waals surface area contributed by atoms with Crippen LogP contribution < -0.4 is 10.1 Å². The minimum absolute atomic E-state index is 0.290. The number of aliphatic hydroxyl groups excluding tert-OH is 1. The maximum absolute atomic E-state index is 11.3. The Morgan fingerprint density at radius 2 is 2.19 bits per heavy atom. The van der Waals surface area contributed by atoms with Crippen molar-refractivity contribution in [3.63, 3.8) is 0 Å². The van der Waals surface area contributed by atoms with Gasteiger partial charge in [0.15, 0.2) is 0 Å². The highest BCUT2D eigenvalue weighted by Gasteiger charge is 2.18. The number of aliphatic hydroxyl groups is 1. The lowest BCUT2D eigenvalue weighted by Crippen LogP contribution is -2.41. The summed E-state index contributed by atoms with van der Waals surface area (Å²) in [5.74, 6) is 2.35. The smallest absolute Gasteiger partial charge is 0.119 e. The molecule has 1 aliphatic rings. The van der Waals surface area contributed by atoms with Crippen LogP contribution in [0.25, 0.3) is 0 Å². The van der Waals surface area contributed by atoms with Crippen molar-refractivity contribution in [2.45, 2.75) is 38.3 Å². The highest BCUT2D eigenvalue weighted by atomic mass is 32.2. The molecule has 0 aromatic heterocycles. The molecule has 0 amide bonds. The molecule has 1 saturated heterocycles. The molecule has 2 N–H and O–H groups in total. The Morgan fingerprint density at radius 1 is 1.43 bits per heavy atom. The third kappa shape index (κ3) is 5.77. The van der Waals surface area contributed by atoms with E-state index in [1.165, 1.54) is 5.56 Å². The van der Waals surface area contributed by atoms with Crippen LogP contribution in [0.1, 0.15) is 25.3 Å². The predicted molar refractivity (Wildman–Crippen MR) is 86.2 cm³/mol. The van der Waals surface area contributed by atoms with E-state index in [1.54, 1.807) is 0 Å². The van der Waals surface area contributed by atoms with E-state index in [0.29, 0.717) is 19.2 Å². The number of ether oxygens (including phenoxy) is 1. The van der Waals surface area contributed by atoms with E-state index in [2.05, 4.69) is 18.3 Å². The SMILES string of the molecule is CCc1cccc(OCC(O)CNC2CCS(=O)CC2)c1. The van der Waals surface area contributed by atoms with Gasteiger partial charge in [0.25, 0.3) is 0 Å². The van der Waals surface area contributed by atoms with Crippen molar-refractivity contribution >= 4 is 10.8 Å². The van der Waals surface area contributed by atoms with Crippen molar-refractivity contribution in [2.24, 2.45) is 0 Å². The number of rotatable bonds is 7. The molecule has 21 heavy (non-hydrogen) atoms. The van der Waals surface area contributed by atoms with Crippen molar-refractivity contribution < 1.29 is 14.1 Å². The van der Waals surface area contributed by atoms with Gasteiger partial charge in [-0.1, -0.05) is 19.1 Å². The molecule has 0 saturated carbocycles. The van der Waals surface area contributed by atoms with E-state index in [9.17, 15) is 9.32 Å². The Balaban J connectivity index is 1.67. The van der Waals surface area contributed by atoms with Crippen molar-refractivity contribution in [2.75, 3.05) is 24.7 Å². The second kappa shape index (κ2) is 8.51. The zero-order valence-electron chi connectivity index (χ0n) is 12.6. The first kappa shape index (κ1) is 16.5. The summed E-state index contributed by atoms with van der Waals surface area (Å²) in [5.41, 5.74) is 1.23. The first-order chi connectivity index (χ1) is 10.2. The summed E-state index contributed by atoms with van der Waals surface area (Å²) in [6, 6.07) is 8.34. The molecule has 1 aromatic rings. The van der Waals surface area contributed by atoms with Crippen LogP contribution in [-0.4, -0.2) is 46.1 Å². The van der Waals surface area contributed by atoms with Gasteiger partial charge in [-0.2, -0.15) is 0 Å². The normalized spacial score (nSPS) is 23.7. The molecule has 4 nitrogen and oxygen atoms in total. The van der Waals surface area contributed by atoms with Crippen molar-refractivity contribution in [1.29, 1.82) is 0 Å². The average molecular weight is 311 g/mol. The molecular formula is C16H25NO3S. The van der Waals surface area contributed by atoms with E-state index in [4.69, 9.17) is 4.74 Å². The zero-order chi connectivity index (χ0) is 15.1. The minimum atomic E-state index is -0.634. The lowest BCUT2D eigenvalue weighted by Gasteiger charge is -2.24. The van der Waals surface area contributed by atoms with Gasteiger partial charge < -0.3 is 15.2 Å². The third-order valence-electron chi connectivity index (χ3n) is 3.78. The second-order valence-electron chi connectivity index (χ2n) is 5.50. The fourth-order valence-electron chi connectivity index (χ4n) is 2.41. The van der Waals surface area contributed by atoms with E-state index in [-0.39, 0.29) is 0 Å². The maximum atomic E-state index is 11.3. The van der Waals surface area contributed by atoms with Gasteiger partial charge in [-0.25, -0.2) is 0 Å². The quantitative estimate of drug-likeness (QED) is 0.801. The monoisotopic (exact) mass is 311 g/mol. The molecule has 5 heteroatoms. The molecule has 118 valence electrons. The lowest BCUT2D eigenvalue weighted by molar-refractivity contribution is 0.103. The number of hydrogen-bond donors (Lipinski definition) is 2. The number of aryl methyl sites for hydroxylation is 1. The van der Waals surface area contributed by atoms with Crippen LogP contribution in [0.4, 0.5) is 0 Å². The molecule has 1 fully saturated rings. The number of nitrogens with one attached hydrogen (secondary N) is 1. The van der Waals surface area contributed by atoms with Gasteiger partial charge in [0.2, 0.25) is 0 Å². The van der Waals surface area contributed by atoms with Crippen LogP contribution >= 0.6 is 0 Å². The molecule has 0 spiro atoms. The topological polar surface area (TPSA) is 58.6 Å². The lowest BCUT2D eigenvalue weighted by atomic mass is 10.1. The van der Waals surface area contributed by atoms with Gasteiger partial charge >= 0.3 is 0 Å². The zero-order valence-corrected chi connectivity index (χ0v) is 13.4. The summed E-state index contributed by atoms with van der Waals surface area (Å²) in [4.78, 5) is 0. The van der Waals surface area contributed by atoms with Crippen LogP contribution in [0.5, 0.6) is 5.75 Å². The Hall–Kier alpha value is -0.910. The highest BCUT2D eigenvalue weighted by molar-refractivity contribution is 7.85. The first-order valence-electron chi connectivity index (χ1n) is 7.65. The van der Waals surface area contributed by atoms with Gasteiger partial charge in [0.1, 0.15) is 18.5 Å². The van der Waals surface area contributed by atoms with Crippen molar-refractivity contribution in [1.82, 2.24) is 5.32 Å². The van der Waals surface area contributed by atoms with Crippen molar-refractivity contribution in [3.05, 3.63) is 29.8 Å². The number of benzene rings is 1. The van der Waals surface area contributed by atoms with E-state index >= 15 is 0 Å². The Kier molecular flexibility index (Phi) is 6.67. The van der Waals surface area contributed by atoms with Gasteiger partial charge in [0.05, 0.1) is 0 Å². The summed E-state index contributed by atoms with van der Waals surface area (Å²) in [6.45, 7) is 2.92. The van der Waals surface area contributed by atoms with Gasteiger partial charge in [-0.15, -0.1) is 0 Å². The molecule has 1 unspecified atom stereocenters. The molecule has 1 heterocycles. The maximum Gasteiger partial charge on any atom is 0.119 e. The largest absolute Gasteiger partial charge is 0.491 e. The molecule has 0 radical (unpaired) electrons. The third-order valence-corrected chi connectivity index (χ3v) is 5.16. The van der Waals surface area contributed by atoms with Gasteiger partial charge in [0, 0.05) is 34.9 Å². The van der Waals surface area contributed by atoms with Gasteiger partial charge in [-0.05, 0) is 37.0 Å². The molecule has 1 aromatic carbocycles. The standard InChI is InChI=1S/C16H25NO3S/c1-2-13-4-3-5-16(10-13)20-12-15(18)11-17-14-6-8-21(19)9-7-14/h3-5,10,14-15,17-18H,2,6-9,11-12H2,1H3. The summed E-state index contributed by atoms with van der Waals surface area (Å²) >= 11 is 0. The Morgan fingerprint density at radius 3 is 2.90 bits per heavy atom. The van der Waals surface area contributed by atoms with Crippen LogP contribution in [0, 0.1) is 0 Å². The van der Waals surface area contributed by atoms with Gasteiger partial charge in [-0.3, -0.25) is 4.21 Å². The molecule has 1 aliphatic heterocycles. The Labute approximate surface area is 129 Å². The summed E-state index contributed by atoms with van der Waals surface area (Å²) < 4.78 is 16.9. The summed E-state index contributed by atoms with van der Waals surface area (Å²) in [7, 11) is -0.634. The van der Waals surface area contributed by atoms with Crippen molar-refractivity contribution in [3.8, 4) is 5.75 Å². The molecule has 0 aliphatic carbocycles. The highest BCUT2D eigenvalue weighted by Crippen LogP contribution is 2.14.